The fraction of sp³-hybridized carbons (Fsp3) is 0.833. The fourth-order valence-electron chi connectivity index (χ4n) is 4.15. The van der Waals surface area contributed by atoms with Crippen LogP contribution in [0.15, 0.2) is 4.52 Å². The van der Waals surface area contributed by atoms with Gasteiger partial charge in [-0.05, 0) is 59.3 Å². The number of hydrogen-bond donors (Lipinski definition) is 2. The third kappa shape index (κ3) is 3.89. The van der Waals surface area contributed by atoms with Crippen molar-refractivity contribution in [3.8, 4) is 0 Å². The van der Waals surface area contributed by atoms with Crippen LogP contribution >= 0.6 is 0 Å². The van der Waals surface area contributed by atoms with Gasteiger partial charge >= 0.3 is 0 Å². The summed E-state index contributed by atoms with van der Waals surface area (Å²) in [5, 5.41) is 11.5. The normalized spacial score (nSPS) is 29.9. The van der Waals surface area contributed by atoms with E-state index < -0.39 is 0 Å². The number of anilines is 1. The van der Waals surface area contributed by atoms with Crippen molar-refractivity contribution in [2.75, 3.05) is 25.0 Å². The summed E-state index contributed by atoms with van der Waals surface area (Å²) in [6.45, 7) is 12.2. The van der Waals surface area contributed by atoms with E-state index in [1.54, 1.807) is 0 Å². The Bertz CT molecular complexity index is 486. The number of nitrogens with zero attached hydrogens (tertiary/aromatic N) is 2. The van der Waals surface area contributed by atoms with E-state index in [-0.39, 0.29) is 0 Å². The van der Waals surface area contributed by atoms with E-state index in [2.05, 4.69) is 34.5 Å². The van der Waals surface area contributed by atoms with Crippen molar-refractivity contribution in [1.82, 2.24) is 15.4 Å². The average molecular weight is 320 g/mol. The van der Waals surface area contributed by atoms with Crippen LogP contribution in [0.4, 0.5) is 5.69 Å². The quantitative estimate of drug-likeness (QED) is 0.893. The molecule has 2 aliphatic rings. The number of piperazine rings is 1. The number of rotatable bonds is 4. The van der Waals surface area contributed by atoms with Crippen molar-refractivity contribution < 1.29 is 4.52 Å². The molecule has 0 spiro atoms. The molecular formula is C18H32N4O. The Kier molecular flexibility index (Phi) is 5.27. The minimum atomic E-state index is 0.563. The van der Waals surface area contributed by atoms with Crippen LogP contribution < -0.4 is 10.6 Å². The van der Waals surface area contributed by atoms with E-state index in [1.807, 2.05) is 13.8 Å². The van der Waals surface area contributed by atoms with Gasteiger partial charge in [-0.1, -0.05) is 5.16 Å². The number of hydrogen-bond acceptors (Lipinski definition) is 5. The lowest BCUT2D eigenvalue weighted by Crippen LogP contribution is -2.56. The standard InChI is InChI=1S/C18H32N4O/c1-12(2)22-10-9-19-17(11-22)15-5-7-16(8-6-15)20-18-13(3)21-23-14(18)4/h12,15-17,19-20H,5-11H2,1-4H3. The van der Waals surface area contributed by atoms with Gasteiger partial charge in [0.15, 0.2) is 5.76 Å². The molecule has 2 N–H and O–H groups in total. The molecular weight excluding hydrogens is 288 g/mol. The summed E-state index contributed by atoms with van der Waals surface area (Å²) >= 11 is 0. The lowest BCUT2D eigenvalue weighted by atomic mass is 9.80. The molecule has 2 fully saturated rings. The van der Waals surface area contributed by atoms with Crippen molar-refractivity contribution in [3.63, 3.8) is 0 Å². The molecule has 0 amide bonds. The number of aryl methyl sites for hydroxylation is 2. The Morgan fingerprint density at radius 2 is 1.96 bits per heavy atom. The zero-order valence-electron chi connectivity index (χ0n) is 15.1. The highest BCUT2D eigenvalue weighted by molar-refractivity contribution is 5.50. The zero-order valence-corrected chi connectivity index (χ0v) is 15.1. The summed E-state index contributed by atoms with van der Waals surface area (Å²) in [4.78, 5) is 2.62. The van der Waals surface area contributed by atoms with Gasteiger partial charge in [-0.25, -0.2) is 0 Å². The smallest absolute Gasteiger partial charge is 0.157 e. The predicted molar refractivity (Wildman–Crippen MR) is 93.8 cm³/mol. The summed E-state index contributed by atoms with van der Waals surface area (Å²) < 4.78 is 5.26. The molecule has 3 rings (SSSR count). The first-order chi connectivity index (χ1) is 11.0. The Balaban J connectivity index is 1.50. The maximum absolute atomic E-state index is 5.26. The SMILES string of the molecule is Cc1noc(C)c1NC1CCC(C2CN(C(C)C)CCN2)CC1. The summed E-state index contributed by atoms with van der Waals surface area (Å²) in [6.07, 6.45) is 5.11. The lowest BCUT2D eigenvalue weighted by Gasteiger charge is -2.42. The van der Waals surface area contributed by atoms with Gasteiger partial charge in [0.25, 0.3) is 0 Å². The zero-order chi connectivity index (χ0) is 16.4. The van der Waals surface area contributed by atoms with Crippen LogP contribution in [0.2, 0.25) is 0 Å². The maximum atomic E-state index is 5.26. The first-order valence-corrected chi connectivity index (χ1v) is 9.21. The van der Waals surface area contributed by atoms with Crippen LogP contribution in [-0.4, -0.2) is 47.8 Å². The molecule has 0 bridgehead atoms. The highest BCUT2D eigenvalue weighted by Crippen LogP contribution is 2.31. The molecule has 2 heterocycles. The van der Waals surface area contributed by atoms with Gasteiger partial charge in [-0.15, -0.1) is 0 Å². The molecule has 1 aliphatic heterocycles. The molecule has 1 atom stereocenters. The van der Waals surface area contributed by atoms with Gasteiger partial charge in [0.2, 0.25) is 0 Å². The molecule has 5 heteroatoms. The van der Waals surface area contributed by atoms with Crippen LogP contribution in [0.3, 0.4) is 0 Å². The van der Waals surface area contributed by atoms with Gasteiger partial charge in [0.05, 0.1) is 0 Å². The highest BCUT2D eigenvalue weighted by Gasteiger charge is 2.31. The molecule has 23 heavy (non-hydrogen) atoms. The second kappa shape index (κ2) is 7.22. The van der Waals surface area contributed by atoms with E-state index in [4.69, 9.17) is 4.52 Å². The first kappa shape index (κ1) is 16.8. The van der Waals surface area contributed by atoms with Crippen LogP contribution in [0.1, 0.15) is 51.0 Å². The maximum Gasteiger partial charge on any atom is 0.157 e. The van der Waals surface area contributed by atoms with E-state index in [1.165, 1.54) is 38.8 Å². The molecule has 0 radical (unpaired) electrons. The fourth-order valence-corrected chi connectivity index (χ4v) is 4.15. The number of nitrogens with one attached hydrogen (secondary N) is 2. The van der Waals surface area contributed by atoms with Crippen molar-refractivity contribution in [3.05, 3.63) is 11.5 Å². The summed E-state index contributed by atoms with van der Waals surface area (Å²) in [6, 6.07) is 1.90. The van der Waals surface area contributed by atoms with Gasteiger partial charge in [-0.3, -0.25) is 4.90 Å². The van der Waals surface area contributed by atoms with Crippen LogP contribution in [0, 0.1) is 19.8 Å². The third-order valence-corrected chi connectivity index (χ3v) is 5.69. The molecule has 1 aliphatic carbocycles. The van der Waals surface area contributed by atoms with Crippen molar-refractivity contribution in [2.45, 2.75) is 71.5 Å². The summed E-state index contributed by atoms with van der Waals surface area (Å²) in [7, 11) is 0. The second-order valence-electron chi connectivity index (χ2n) is 7.60. The molecule has 1 aromatic heterocycles. The minimum absolute atomic E-state index is 0.563. The van der Waals surface area contributed by atoms with E-state index >= 15 is 0 Å². The monoisotopic (exact) mass is 320 g/mol. The molecule has 1 saturated carbocycles. The molecule has 1 aromatic rings. The molecule has 5 nitrogen and oxygen atoms in total. The Morgan fingerprint density at radius 3 is 2.57 bits per heavy atom. The topological polar surface area (TPSA) is 53.3 Å². The Morgan fingerprint density at radius 1 is 1.22 bits per heavy atom. The average Bonchev–Trinajstić information content (AvgIpc) is 2.87. The lowest BCUT2D eigenvalue weighted by molar-refractivity contribution is 0.120. The van der Waals surface area contributed by atoms with Crippen molar-refractivity contribution in [1.29, 1.82) is 0 Å². The minimum Gasteiger partial charge on any atom is -0.378 e. The van der Waals surface area contributed by atoms with Gasteiger partial charge < -0.3 is 15.2 Å². The molecule has 1 unspecified atom stereocenters. The molecule has 1 saturated heterocycles. The van der Waals surface area contributed by atoms with E-state index in [9.17, 15) is 0 Å². The highest BCUT2D eigenvalue weighted by atomic mass is 16.5. The number of aromatic nitrogens is 1. The van der Waals surface area contributed by atoms with Crippen LogP contribution in [0.25, 0.3) is 0 Å². The van der Waals surface area contributed by atoms with Gasteiger partial charge in [0.1, 0.15) is 11.4 Å². The predicted octanol–water partition coefficient (Wildman–Crippen LogP) is 2.94. The second-order valence-corrected chi connectivity index (χ2v) is 7.60. The van der Waals surface area contributed by atoms with Crippen LogP contribution in [-0.2, 0) is 0 Å². The summed E-state index contributed by atoms with van der Waals surface area (Å²) in [5.41, 5.74) is 2.08. The van der Waals surface area contributed by atoms with E-state index in [0.29, 0.717) is 18.1 Å². The van der Waals surface area contributed by atoms with E-state index in [0.717, 1.165) is 29.6 Å². The summed E-state index contributed by atoms with van der Waals surface area (Å²) in [5.74, 6) is 1.73. The van der Waals surface area contributed by atoms with Crippen LogP contribution in [0.5, 0.6) is 0 Å². The van der Waals surface area contributed by atoms with Crippen molar-refractivity contribution in [2.24, 2.45) is 5.92 Å². The van der Waals surface area contributed by atoms with Gasteiger partial charge in [0, 0.05) is 37.8 Å². The van der Waals surface area contributed by atoms with Gasteiger partial charge in [-0.2, -0.15) is 0 Å². The largest absolute Gasteiger partial charge is 0.378 e. The Hall–Kier alpha value is -1.07. The molecule has 0 aromatic carbocycles. The first-order valence-electron chi connectivity index (χ1n) is 9.21. The Labute approximate surface area is 140 Å². The third-order valence-electron chi connectivity index (χ3n) is 5.69. The molecule has 130 valence electrons. The van der Waals surface area contributed by atoms with Crippen molar-refractivity contribution >= 4 is 5.69 Å².